The molecule has 3 heterocycles. The molecule has 3 aromatic heterocycles. The van der Waals surface area contributed by atoms with Crippen LogP contribution in [0.1, 0.15) is 25.8 Å². The fourth-order valence-electron chi connectivity index (χ4n) is 3.05. The van der Waals surface area contributed by atoms with Gasteiger partial charge in [-0.05, 0) is 30.7 Å². The average Bonchev–Trinajstić information content (AvgIpc) is 3.15. The van der Waals surface area contributed by atoms with Gasteiger partial charge in [-0.3, -0.25) is 0 Å². The number of anilines is 1. The van der Waals surface area contributed by atoms with Gasteiger partial charge in [0.25, 0.3) is 0 Å². The van der Waals surface area contributed by atoms with E-state index in [2.05, 4.69) is 34.1 Å². The minimum atomic E-state index is 0.529. The standard InChI is InChI=1S/C16H17ClN4S/c1-7(2)9-4-11(9)21-15-14-13(19-6-20-15)12-8(3)10(17)5-18-16(12)22-14/h5-7,9,11H,4H2,1-3H3,(H,19,20,21). The lowest BCUT2D eigenvalue weighted by atomic mass is 10.1. The number of aromatic nitrogens is 3. The topological polar surface area (TPSA) is 50.7 Å². The van der Waals surface area contributed by atoms with Crippen molar-refractivity contribution in [2.24, 2.45) is 11.8 Å². The Morgan fingerprint density at radius 2 is 2.14 bits per heavy atom. The molecule has 3 aromatic rings. The van der Waals surface area contributed by atoms with Gasteiger partial charge in [0, 0.05) is 17.6 Å². The molecule has 4 rings (SSSR count). The molecule has 0 saturated heterocycles. The fourth-order valence-corrected chi connectivity index (χ4v) is 4.31. The molecule has 0 amide bonds. The number of nitrogens with zero attached hydrogens (tertiary/aromatic N) is 3. The summed E-state index contributed by atoms with van der Waals surface area (Å²) in [6, 6.07) is 0.529. The number of nitrogens with one attached hydrogen (secondary N) is 1. The molecule has 1 N–H and O–H groups in total. The molecule has 1 fully saturated rings. The molecule has 0 bridgehead atoms. The van der Waals surface area contributed by atoms with Crippen molar-refractivity contribution >= 4 is 49.2 Å². The second-order valence-corrected chi connectivity index (χ2v) is 7.71. The summed E-state index contributed by atoms with van der Waals surface area (Å²) in [5, 5.41) is 5.32. The Morgan fingerprint density at radius 1 is 1.32 bits per heavy atom. The minimum absolute atomic E-state index is 0.529. The molecule has 2 atom stereocenters. The van der Waals surface area contributed by atoms with Gasteiger partial charge < -0.3 is 5.32 Å². The first-order chi connectivity index (χ1) is 10.6. The van der Waals surface area contributed by atoms with E-state index in [0.29, 0.717) is 17.0 Å². The van der Waals surface area contributed by atoms with Crippen LogP contribution in [0.15, 0.2) is 12.5 Å². The summed E-state index contributed by atoms with van der Waals surface area (Å²) >= 11 is 7.85. The highest BCUT2D eigenvalue weighted by Crippen LogP contribution is 2.42. The number of fused-ring (bicyclic) bond motifs is 3. The number of halogens is 1. The van der Waals surface area contributed by atoms with Crippen molar-refractivity contribution in [2.75, 3.05) is 5.32 Å². The van der Waals surface area contributed by atoms with E-state index < -0.39 is 0 Å². The van der Waals surface area contributed by atoms with Crippen LogP contribution < -0.4 is 5.32 Å². The molecular weight excluding hydrogens is 316 g/mol. The van der Waals surface area contributed by atoms with Crippen molar-refractivity contribution in [3.63, 3.8) is 0 Å². The second-order valence-electron chi connectivity index (χ2n) is 6.31. The third kappa shape index (κ3) is 2.15. The Balaban J connectivity index is 1.82. The summed E-state index contributed by atoms with van der Waals surface area (Å²) in [6.07, 6.45) is 4.56. The van der Waals surface area contributed by atoms with Crippen LogP contribution in [0.2, 0.25) is 5.02 Å². The molecule has 2 unspecified atom stereocenters. The van der Waals surface area contributed by atoms with Gasteiger partial charge in [0.15, 0.2) is 0 Å². The highest BCUT2D eigenvalue weighted by molar-refractivity contribution is 7.26. The Morgan fingerprint density at radius 3 is 2.86 bits per heavy atom. The van der Waals surface area contributed by atoms with Crippen LogP contribution in [0.4, 0.5) is 5.82 Å². The van der Waals surface area contributed by atoms with Crippen LogP contribution in [0.5, 0.6) is 0 Å². The average molecular weight is 333 g/mol. The number of pyridine rings is 1. The molecule has 0 spiro atoms. The number of aryl methyl sites for hydroxylation is 1. The summed E-state index contributed by atoms with van der Waals surface area (Å²) < 4.78 is 1.07. The molecule has 1 aliphatic carbocycles. The molecule has 1 aliphatic rings. The van der Waals surface area contributed by atoms with Crippen molar-refractivity contribution < 1.29 is 0 Å². The minimum Gasteiger partial charge on any atom is -0.366 e. The van der Waals surface area contributed by atoms with Crippen LogP contribution >= 0.6 is 22.9 Å². The van der Waals surface area contributed by atoms with Crippen molar-refractivity contribution in [1.82, 2.24) is 15.0 Å². The van der Waals surface area contributed by atoms with Crippen LogP contribution in [0, 0.1) is 18.8 Å². The van der Waals surface area contributed by atoms with Crippen molar-refractivity contribution in [3.8, 4) is 0 Å². The third-order valence-corrected chi connectivity index (χ3v) is 5.97. The maximum Gasteiger partial charge on any atom is 0.147 e. The van der Waals surface area contributed by atoms with Crippen LogP contribution in [-0.4, -0.2) is 21.0 Å². The zero-order chi connectivity index (χ0) is 15.4. The maximum atomic E-state index is 6.22. The number of hydrogen-bond acceptors (Lipinski definition) is 5. The molecule has 0 aromatic carbocycles. The summed E-state index contributed by atoms with van der Waals surface area (Å²) in [4.78, 5) is 14.3. The SMILES string of the molecule is Cc1c(Cl)cnc2sc3c(NC4CC4C(C)C)ncnc3c12. The lowest BCUT2D eigenvalue weighted by molar-refractivity contribution is 0.553. The first-order valence-corrected chi connectivity index (χ1v) is 8.70. The smallest absolute Gasteiger partial charge is 0.147 e. The molecule has 22 heavy (non-hydrogen) atoms. The summed E-state index contributed by atoms with van der Waals surface area (Å²) in [6.45, 7) is 6.57. The van der Waals surface area contributed by atoms with Gasteiger partial charge in [-0.15, -0.1) is 11.3 Å². The normalized spacial score (nSPS) is 21.0. The van der Waals surface area contributed by atoms with Crippen LogP contribution in [-0.2, 0) is 0 Å². The monoisotopic (exact) mass is 332 g/mol. The number of hydrogen-bond donors (Lipinski definition) is 1. The quantitative estimate of drug-likeness (QED) is 0.758. The lowest BCUT2D eigenvalue weighted by Gasteiger charge is -2.07. The number of rotatable bonds is 3. The van der Waals surface area contributed by atoms with Crippen molar-refractivity contribution in [3.05, 3.63) is 23.1 Å². The zero-order valence-electron chi connectivity index (χ0n) is 12.7. The van der Waals surface area contributed by atoms with Crippen LogP contribution in [0.3, 0.4) is 0 Å². The summed E-state index contributed by atoms with van der Waals surface area (Å²) in [5.74, 6) is 2.38. The van der Waals surface area contributed by atoms with Gasteiger partial charge in [-0.25, -0.2) is 15.0 Å². The molecule has 114 valence electrons. The number of thiophene rings is 1. The summed E-state index contributed by atoms with van der Waals surface area (Å²) in [7, 11) is 0. The Labute approximate surface area is 137 Å². The zero-order valence-corrected chi connectivity index (χ0v) is 14.3. The van der Waals surface area contributed by atoms with E-state index in [0.717, 1.165) is 37.7 Å². The maximum absolute atomic E-state index is 6.22. The molecule has 4 nitrogen and oxygen atoms in total. The van der Waals surface area contributed by atoms with E-state index in [1.54, 1.807) is 23.9 Å². The van der Waals surface area contributed by atoms with E-state index in [1.807, 2.05) is 6.92 Å². The fraction of sp³-hybridized carbons (Fsp3) is 0.438. The molecular formula is C16H17ClN4S. The second kappa shape index (κ2) is 5.03. The molecule has 1 saturated carbocycles. The Hall–Kier alpha value is -1.46. The predicted molar refractivity (Wildman–Crippen MR) is 92.8 cm³/mol. The first-order valence-electron chi connectivity index (χ1n) is 7.51. The first kappa shape index (κ1) is 14.2. The van der Waals surface area contributed by atoms with Gasteiger partial charge >= 0.3 is 0 Å². The molecule has 0 radical (unpaired) electrons. The predicted octanol–water partition coefficient (Wildman–Crippen LogP) is 4.66. The van der Waals surface area contributed by atoms with Gasteiger partial charge in [0.1, 0.15) is 17.0 Å². The Kier molecular flexibility index (Phi) is 3.24. The highest BCUT2D eigenvalue weighted by atomic mass is 35.5. The summed E-state index contributed by atoms with van der Waals surface area (Å²) in [5.41, 5.74) is 1.99. The van der Waals surface area contributed by atoms with E-state index in [9.17, 15) is 0 Å². The lowest BCUT2D eigenvalue weighted by Crippen LogP contribution is -2.08. The Bertz CT molecular complexity index is 873. The van der Waals surface area contributed by atoms with E-state index >= 15 is 0 Å². The van der Waals surface area contributed by atoms with Gasteiger partial charge in [-0.2, -0.15) is 0 Å². The van der Waals surface area contributed by atoms with Gasteiger partial charge in [0.05, 0.1) is 15.2 Å². The van der Waals surface area contributed by atoms with E-state index in [4.69, 9.17) is 11.6 Å². The van der Waals surface area contributed by atoms with Crippen LogP contribution in [0.25, 0.3) is 20.4 Å². The highest BCUT2D eigenvalue weighted by Gasteiger charge is 2.39. The third-order valence-electron chi connectivity index (χ3n) is 4.50. The molecule has 6 heteroatoms. The molecule has 0 aliphatic heterocycles. The van der Waals surface area contributed by atoms with Crippen molar-refractivity contribution in [1.29, 1.82) is 0 Å². The van der Waals surface area contributed by atoms with Gasteiger partial charge in [-0.1, -0.05) is 25.4 Å². The van der Waals surface area contributed by atoms with Gasteiger partial charge in [0.2, 0.25) is 0 Å². The largest absolute Gasteiger partial charge is 0.366 e. The van der Waals surface area contributed by atoms with Crippen molar-refractivity contribution in [2.45, 2.75) is 33.2 Å². The van der Waals surface area contributed by atoms with E-state index in [1.165, 1.54) is 6.42 Å². The van der Waals surface area contributed by atoms with E-state index in [-0.39, 0.29) is 0 Å².